The van der Waals surface area contributed by atoms with Crippen LogP contribution in [0.2, 0.25) is 5.15 Å². The van der Waals surface area contributed by atoms with Gasteiger partial charge in [0.15, 0.2) is 0 Å². The van der Waals surface area contributed by atoms with Crippen molar-refractivity contribution in [1.29, 1.82) is 0 Å². The van der Waals surface area contributed by atoms with Crippen LogP contribution >= 0.6 is 27.5 Å². The van der Waals surface area contributed by atoms with Gasteiger partial charge >= 0.3 is 0 Å². The lowest BCUT2D eigenvalue weighted by molar-refractivity contribution is 0.0946. The Labute approximate surface area is 122 Å². The Morgan fingerprint density at radius 2 is 2.16 bits per heavy atom. The first-order valence-corrected chi connectivity index (χ1v) is 6.58. The van der Waals surface area contributed by atoms with Gasteiger partial charge in [0, 0.05) is 11.0 Å². The molecule has 2 rings (SSSR count). The van der Waals surface area contributed by atoms with Crippen LogP contribution in [0, 0.1) is 5.82 Å². The van der Waals surface area contributed by atoms with Crippen molar-refractivity contribution >= 4 is 33.4 Å². The maximum atomic E-state index is 13.1. The topological polar surface area (TPSA) is 42.0 Å². The Balaban J connectivity index is 2.06. The summed E-state index contributed by atoms with van der Waals surface area (Å²) in [5.41, 5.74) is 0.871. The van der Waals surface area contributed by atoms with Crippen LogP contribution in [-0.2, 0) is 6.54 Å². The zero-order valence-corrected chi connectivity index (χ0v) is 12.0. The van der Waals surface area contributed by atoms with Gasteiger partial charge in [0.25, 0.3) is 5.91 Å². The number of halogens is 3. The molecule has 0 aliphatic heterocycles. The van der Waals surface area contributed by atoms with E-state index in [1.54, 1.807) is 24.3 Å². The lowest BCUT2D eigenvalue weighted by Crippen LogP contribution is -2.24. The van der Waals surface area contributed by atoms with Crippen LogP contribution in [0.5, 0.6) is 0 Å². The minimum Gasteiger partial charge on any atom is -0.347 e. The van der Waals surface area contributed by atoms with E-state index in [1.807, 2.05) is 0 Å². The summed E-state index contributed by atoms with van der Waals surface area (Å²) in [5, 5.41) is 2.90. The smallest absolute Gasteiger partial charge is 0.270 e. The van der Waals surface area contributed by atoms with Crippen molar-refractivity contribution in [2.24, 2.45) is 0 Å². The number of nitrogens with one attached hydrogen (secondary N) is 1. The highest BCUT2D eigenvalue weighted by Gasteiger charge is 2.09. The fourth-order valence-electron chi connectivity index (χ4n) is 1.48. The van der Waals surface area contributed by atoms with Gasteiger partial charge in [-0.25, -0.2) is 9.37 Å². The van der Waals surface area contributed by atoms with E-state index in [2.05, 4.69) is 26.2 Å². The first kappa shape index (κ1) is 14.0. The van der Waals surface area contributed by atoms with Gasteiger partial charge in [-0.05, 0) is 35.9 Å². The normalized spacial score (nSPS) is 10.3. The summed E-state index contributed by atoms with van der Waals surface area (Å²) < 4.78 is 13.8. The predicted octanol–water partition coefficient (Wildman–Crippen LogP) is 3.57. The fraction of sp³-hybridized carbons (Fsp3) is 0.0769. The number of rotatable bonds is 3. The van der Waals surface area contributed by atoms with Crippen molar-refractivity contribution in [3.8, 4) is 0 Å². The number of hydrogen-bond donors (Lipinski definition) is 1. The largest absolute Gasteiger partial charge is 0.347 e. The number of aromatic nitrogens is 1. The molecule has 6 heteroatoms. The van der Waals surface area contributed by atoms with E-state index in [1.165, 1.54) is 12.1 Å². The van der Waals surface area contributed by atoms with Crippen molar-refractivity contribution in [2.75, 3.05) is 0 Å². The summed E-state index contributed by atoms with van der Waals surface area (Å²) in [7, 11) is 0. The van der Waals surface area contributed by atoms with E-state index in [9.17, 15) is 9.18 Å². The van der Waals surface area contributed by atoms with Gasteiger partial charge < -0.3 is 5.32 Å². The molecule has 1 aromatic heterocycles. The summed E-state index contributed by atoms with van der Waals surface area (Å²) in [5.74, 6) is -0.716. The van der Waals surface area contributed by atoms with E-state index in [-0.39, 0.29) is 29.1 Å². The minimum absolute atomic E-state index is 0.200. The quantitative estimate of drug-likeness (QED) is 0.866. The van der Waals surface area contributed by atoms with Crippen LogP contribution in [0.3, 0.4) is 0 Å². The number of nitrogens with zero attached hydrogens (tertiary/aromatic N) is 1. The Hall–Kier alpha value is -1.46. The second kappa shape index (κ2) is 6.12. The third kappa shape index (κ3) is 3.75. The van der Waals surface area contributed by atoms with Crippen molar-refractivity contribution in [3.05, 3.63) is 63.1 Å². The molecule has 2 aromatic rings. The van der Waals surface area contributed by atoms with Crippen molar-refractivity contribution in [2.45, 2.75) is 6.54 Å². The Morgan fingerprint density at radius 1 is 1.37 bits per heavy atom. The highest BCUT2D eigenvalue weighted by atomic mass is 79.9. The number of amides is 1. The van der Waals surface area contributed by atoms with Gasteiger partial charge in [-0.2, -0.15) is 0 Å². The third-order valence-corrected chi connectivity index (χ3v) is 3.38. The summed E-state index contributed by atoms with van der Waals surface area (Å²) >= 11 is 9.00. The van der Waals surface area contributed by atoms with Crippen LogP contribution < -0.4 is 5.32 Å². The molecule has 0 saturated carbocycles. The van der Waals surface area contributed by atoms with Crippen molar-refractivity contribution in [3.63, 3.8) is 0 Å². The minimum atomic E-state index is -0.362. The molecular formula is C13H9BrClFN2O. The highest BCUT2D eigenvalue weighted by Crippen LogP contribution is 2.17. The molecule has 0 aliphatic carbocycles. The standard InChI is InChI=1S/C13H9BrClFN2O/c14-10-5-4-9(16)6-8(10)7-17-13(19)11-2-1-3-12(15)18-11/h1-6H,7H2,(H,17,19). The van der Waals surface area contributed by atoms with Gasteiger partial charge in [0.05, 0.1) is 0 Å². The van der Waals surface area contributed by atoms with Crippen LogP contribution in [-0.4, -0.2) is 10.9 Å². The number of hydrogen-bond acceptors (Lipinski definition) is 2. The van der Waals surface area contributed by atoms with Gasteiger partial charge in [0.2, 0.25) is 0 Å². The Bertz CT molecular complexity index is 621. The molecule has 0 saturated heterocycles. The van der Waals surface area contributed by atoms with Crippen molar-refractivity contribution in [1.82, 2.24) is 10.3 Å². The zero-order valence-electron chi connectivity index (χ0n) is 9.66. The van der Waals surface area contributed by atoms with E-state index in [4.69, 9.17) is 11.6 Å². The molecule has 1 heterocycles. The van der Waals surface area contributed by atoms with Gasteiger partial charge in [-0.1, -0.05) is 33.6 Å². The molecule has 0 fully saturated rings. The van der Waals surface area contributed by atoms with Crippen LogP contribution in [0.4, 0.5) is 4.39 Å². The summed E-state index contributed by atoms with van der Waals surface area (Å²) in [6.07, 6.45) is 0. The first-order chi connectivity index (χ1) is 9.06. The second-order valence-electron chi connectivity index (χ2n) is 3.76. The maximum absolute atomic E-state index is 13.1. The second-order valence-corrected chi connectivity index (χ2v) is 5.01. The monoisotopic (exact) mass is 342 g/mol. The molecule has 0 bridgehead atoms. The molecule has 1 aromatic carbocycles. The van der Waals surface area contributed by atoms with E-state index in [0.29, 0.717) is 5.56 Å². The average Bonchev–Trinajstić information content (AvgIpc) is 2.39. The summed E-state index contributed by atoms with van der Waals surface area (Å²) in [4.78, 5) is 15.7. The van der Waals surface area contributed by atoms with Gasteiger partial charge in [0.1, 0.15) is 16.7 Å². The summed E-state index contributed by atoms with van der Waals surface area (Å²) in [6.45, 7) is 0.200. The maximum Gasteiger partial charge on any atom is 0.270 e. The molecule has 0 unspecified atom stereocenters. The fourth-order valence-corrected chi connectivity index (χ4v) is 2.03. The molecule has 0 radical (unpaired) electrons. The molecule has 3 nitrogen and oxygen atoms in total. The van der Waals surface area contributed by atoms with E-state index in [0.717, 1.165) is 4.47 Å². The molecule has 1 amide bonds. The molecular weight excluding hydrogens is 335 g/mol. The number of benzene rings is 1. The first-order valence-electron chi connectivity index (χ1n) is 5.41. The lowest BCUT2D eigenvalue weighted by atomic mass is 10.2. The van der Waals surface area contributed by atoms with Gasteiger partial charge in [-0.15, -0.1) is 0 Å². The molecule has 0 aliphatic rings. The molecule has 19 heavy (non-hydrogen) atoms. The number of carbonyl (C=O) groups excluding carboxylic acids is 1. The summed E-state index contributed by atoms with van der Waals surface area (Å²) in [6, 6.07) is 9.07. The number of pyridine rings is 1. The third-order valence-electron chi connectivity index (χ3n) is 2.39. The van der Waals surface area contributed by atoms with Crippen LogP contribution in [0.25, 0.3) is 0 Å². The SMILES string of the molecule is O=C(NCc1cc(F)ccc1Br)c1cccc(Cl)n1. The molecule has 0 spiro atoms. The molecule has 0 atom stereocenters. The average molecular weight is 344 g/mol. The van der Waals surface area contributed by atoms with Crippen LogP contribution in [0.15, 0.2) is 40.9 Å². The van der Waals surface area contributed by atoms with Crippen LogP contribution in [0.1, 0.15) is 16.1 Å². The van der Waals surface area contributed by atoms with E-state index >= 15 is 0 Å². The lowest BCUT2D eigenvalue weighted by Gasteiger charge is -2.07. The highest BCUT2D eigenvalue weighted by molar-refractivity contribution is 9.10. The zero-order chi connectivity index (χ0) is 13.8. The molecule has 1 N–H and O–H groups in total. The Kier molecular flexibility index (Phi) is 4.50. The number of carbonyl (C=O) groups is 1. The Morgan fingerprint density at radius 3 is 2.89 bits per heavy atom. The van der Waals surface area contributed by atoms with E-state index < -0.39 is 0 Å². The molecule has 98 valence electrons. The van der Waals surface area contributed by atoms with Crippen molar-refractivity contribution < 1.29 is 9.18 Å². The predicted molar refractivity (Wildman–Crippen MR) is 74.5 cm³/mol. The van der Waals surface area contributed by atoms with Gasteiger partial charge in [-0.3, -0.25) is 4.79 Å².